The molecule has 2 unspecified atom stereocenters. The highest BCUT2D eigenvalue weighted by Crippen LogP contribution is 2.15. The first-order chi connectivity index (χ1) is 10.6. The van der Waals surface area contributed by atoms with Crippen molar-refractivity contribution in [1.29, 1.82) is 0 Å². The maximum atomic E-state index is 10.3. The van der Waals surface area contributed by atoms with Crippen LogP contribution in [-0.4, -0.2) is 42.1 Å². The second-order valence-corrected chi connectivity index (χ2v) is 6.14. The van der Waals surface area contributed by atoms with Crippen LogP contribution in [0.25, 0.3) is 0 Å². The molecule has 1 rings (SSSR count). The van der Waals surface area contributed by atoms with Crippen LogP contribution in [0.2, 0.25) is 0 Å². The molecule has 0 aliphatic rings. The highest BCUT2D eigenvalue weighted by molar-refractivity contribution is 9.09. The molecule has 0 radical (unpaired) electrons. The van der Waals surface area contributed by atoms with Crippen LogP contribution in [0, 0.1) is 0 Å². The van der Waals surface area contributed by atoms with E-state index in [0.717, 1.165) is 12.0 Å². The Morgan fingerprint density at radius 2 is 1.95 bits per heavy atom. The molecule has 4 nitrogen and oxygen atoms in total. The fourth-order valence-electron chi connectivity index (χ4n) is 1.99. The lowest BCUT2D eigenvalue weighted by Gasteiger charge is -2.25. The molecule has 0 heterocycles. The molecule has 0 saturated heterocycles. The van der Waals surface area contributed by atoms with Crippen LogP contribution < -0.4 is 0 Å². The number of rotatable bonds is 12. The summed E-state index contributed by atoms with van der Waals surface area (Å²) in [4.78, 5) is 0. The molecule has 126 valence electrons. The van der Waals surface area contributed by atoms with Gasteiger partial charge in [0.15, 0.2) is 6.29 Å². The van der Waals surface area contributed by atoms with Gasteiger partial charge in [-0.05, 0) is 32.3 Å². The van der Waals surface area contributed by atoms with E-state index in [1.807, 2.05) is 37.3 Å². The van der Waals surface area contributed by atoms with Crippen LogP contribution in [0.15, 0.2) is 30.3 Å². The maximum Gasteiger partial charge on any atom is 0.167 e. The summed E-state index contributed by atoms with van der Waals surface area (Å²) in [6.07, 6.45) is 1.10. The number of ether oxygens (including phenoxy) is 3. The smallest absolute Gasteiger partial charge is 0.167 e. The van der Waals surface area contributed by atoms with Crippen LogP contribution in [0.5, 0.6) is 0 Å². The highest BCUT2D eigenvalue weighted by Gasteiger charge is 2.22. The number of benzene rings is 1. The molecular weight excluding hydrogens is 348 g/mol. The van der Waals surface area contributed by atoms with E-state index in [-0.39, 0.29) is 12.9 Å². The van der Waals surface area contributed by atoms with Crippen molar-refractivity contribution in [3.05, 3.63) is 35.9 Å². The third kappa shape index (κ3) is 8.86. The first kappa shape index (κ1) is 19.6. The second-order valence-electron chi connectivity index (χ2n) is 5.49. The van der Waals surface area contributed by atoms with E-state index < -0.39 is 5.60 Å². The molecule has 0 saturated carbocycles. The lowest BCUT2D eigenvalue weighted by Crippen LogP contribution is -2.34. The van der Waals surface area contributed by atoms with E-state index in [1.165, 1.54) is 0 Å². The van der Waals surface area contributed by atoms with Gasteiger partial charge < -0.3 is 19.3 Å². The Morgan fingerprint density at radius 3 is 2.59 bits per heavy atom. The number of aliphatic hydroxyl groups is 1. The minimum absolute atomic E-state index is 0.252. The number of alkyl halides is 1. The third-order valence-corrected chi connectivity index (χ3v) is 3.70. The summed E-state index contributed by atoms with van der Waals surface area (Å²) in [6, 6.07) is 10.1. The zero-order valence-electron chi connectivity index (χ0n) is 13.5. The summed E-state index contributed by atoms with van der Waals surface area (Å²) in [5, 5.41) is 10.9. The van der Waals surface area contributed by atoms with Crippen molar-refractivity contribution in [3.8, 4) is 0 Å². The molecular formula is C17H27BrO4. The standard InChI is InChI=1S/C17H27BrO4/c1-3-21-16(12-18)22-14-17(2,19)10-7-11-20-13-15-8-5-4-6-9-15/h4-6,8-9,16,19H,3,7,10-14H2,1-2H3. The van der Waals surface area contributed by atoms with E-state index in [2.05, 4.69) is 15.9 Å². The molecule has 0 amide bonds. The predicted molar refractivity (Wildman–Crippen MR) is 91.1 cm³/mol. The van der Waals surface area contributed by atoms with Gasteiger partial charge in [0.1, 0.15) is 0 Å². The Kier molecular flexibility index (Phi) is 9.91. The monoisotopic (exact) mass is 374 g/mol. The molecule has 0 aromatic heterocycles. The summed E-state index contributed by atoms with van der Waals surface area (Å²) < 4.78 is 16.6. The van der Waals surface area contributed by atoms with Gasteiger partial charge in [-0.3, -0.25) is 0 Å². The number of halogens is 1. The molecule has 0 fully saturated rings. The minimum atomic E-state index is -0.867. The van der Waals surface area contributed by atoms with E-state index in [0.29, 0.717) is 31.6 Å². The average molecular weight is 375 g/mol. The Balaban J connectivity index is 2.14. The summed E-state index contributed by atoms with van der Waals surface area (Å²) >= 11 is 3.33. The quantitative estimate of drug-likeness (QED) is 0.345. The fraction of sp³-hybridized carbons (Fsp3) is 0.647. The third-order valence-electron chi connectivity index (χ3n) is 3.17. The van der Waals surface area contributed by atoms with Crippen molar-refractivity contribution >= 4 is 15.9 Å². The Morgan fingerprint density at radius 1 is 1.23 bits per heavy atom. The topological polar surface area (TPSA) is 47.9 Å². The van der Waals surface area contributed by atoms with Gasteiger partial charge >= 0.3 is 0 Å². The van der Waals surface area contributed by atoms with Crippen molar-refractivity contribution in [2.75, 3.05) is 25.2 Å². The molecule has 0 aliphatic heterocycles. The van der Waals surface area contributed by atoms with Gasteiger partial charge in [0.05, 0.1) is 24.1 Å². The van der Waals surface area contributed by atoms with Crippen molar-refractivity contribution in [2.24, 2.45) is 0 Å². The minimum Gasteiger partial charge on any atom is -0.388 e. The fourth-order valence-corrected chi connectivity index (χ4v) is 2.36. The van der Waals surface area contributed by atoms with Crippen molar-refractivity contribution in [2.45, 2.75) is 45.2 Å². The van der Waals surface area contributed by atoms with Gasteiger partial charge in [-0.25, -0.2) is 0 Å². The Bertz CT molecular complexity index is 384. The van der Waals surface area contributed by atoms with E-state index in [9.17, 15) is 5.11 Å². The van der Waals surface area contributed by atoms with Crippen LogP contribution in [-0.2, 0) is 20.8 Å². The number of hydrogen-bond acceptors (Lipinski definition) is 4. The Labute approximate surface area is 141 Å². The molecule has 1 aromatic rings. The largest absolute Gasteiger partial charge is 0.388 e. The summed E-state index contributed by atoms with van der Waals surface area (Å²) in [5.41, 5.74) is 0.294. The molecule has 1 N–H and O–H groups in total. The first-order valence-corrected chi connectivity index (χ1v) is 8.83. The van der Waals surface area contributed by atoms with Gasteiger partial charge in [0.25, 0.3) is 0 Å². The molecule has 5 heteroatoms. The maximum absolute atomic E-state index is 10.3. The van der Waals surface area contributed by atoms with Crippen LogP contribution in [0.4, 0.5) is 0 Å². The SMILES string of the molecule is CCOC(CBr)OCC(C)(O)CCCOCc1ccccc1. The molecule has 0 aliphatic carbocycles. The molecule has 0 bridgehead atoms. The van der Waals surface area contributed by atoms with E-state index in [1.54, 1.807) is 6.92 Å². The van der Waals surface area contributed by atoms with Crippen LogP contribution in [0.3, 0.4) is 0 Å². The summed E-state index contributed by atoms with van der Waals surface area (Å²) in [6.45, 7) is 5.77. The molecule has 22 heavy (non-hydrogen) atoms. The average Bonchev–Trinajstić information content (AvgIpc) is 2.52. The van der Waals surface area contributed by atoms with Crippen LogP contribution >= 0.6 is 15.9 Å². The molecule has 0 spiro atoms. The lowest BCUT2D eigenvalue weighted by atomic mass is 10.0. The van der Waals surface area contributed by atoms with Gasteiger partial charge in [-0.1, -0.05) is 46.3 Å². The highest BCUT2D eigenvalue weighted by atomic mass is 79.9. The van der Waals surface area contributed by atoms with Gasteiger partial charge in [-0.2, -0.15) is 0 Å². The second kappa shape index (κ2) is 11.1. The number of hydrogen-bond donors (Lipinski definition) is 1. The van der Waals surface area contributed by atoms with Gasteiger partial charge in [-0.15, -0.1) is 0 Å². The Hall–Kier alpha value is -0.460. The van der Waals surface area contributed by atoms with Gasteiger partial charge in [0.2, 0.25) is 0 Å². The zero-order valence-corrected chi connectivity index (χ0v) is 15.0. The van der Waals surface area contributed by atoms with Crippen molar-refractivity contribution in [3.63, 3.8) is 0 Å². The van der Waals surface area contributed by atoms with E-state index in [4.69, 9.17) is 14.2 Å². The van der Waals surface area contributed by atoms with Crippen molar-refractivity contribution < 1.29 is 19.3 Å². The van der Waals surface area contributed by atoms with Gasteiger partial charge in [0, 0.05) is 13.2 Å². The van der Waals surface area contributed by atoms with Crippen LogP contribution in [0.1, 0.15) is 32.3 Å². The summed E-state index contributed by atoms with van der Waals surface area (Å²) in [7, 11) is 0. The molecule has 2 atom stereocenters. The zero-order chi connectivity index (χ0) is 16.3. The lowest BCUT2D eigenvalue weighted by molar-refractivity contribution is -0.160. The molecule has 1 aromatic carbocycles. The first-order valence-electron chi connectivity index (χ1n) is 7.70. The van der Waals surface area contributed by atoms with E-state index >= 15 is 0 Å². The summed E-state index contributed by atoms with van der Waals surface area (Å²) in [5.74, 6) is 0. The van der Waals surface area contributed by atoms with Crippen molar-refractivity contribution in [1.82, 2.24) is 0 Å². The predicted octanol–water partition coefficient (Wildman–Crippen LogP) is 3.51. The normalized spacial score (nSPS) is 15.5.